The second-order valence-electron chi connectivity index (χ2n) is 7.46. The zero-order valence-electron chi connectivity index (χ0n) is 18.4. The van der Waals surface area contributed by atoms with Crippen LogP contribution in [0, 0.1) is 0 Å². The van der Waals surface area contributed by atoms with E-state index in [2.05, 4.69) is 20.9 Å². The van der Waals surface area contributed by atoms with Gasteiger partial charge in [-0.2, -0.15) is 0 Å². The molecule has 34 heavy (non-hydrogen) atoms. The van der Waals surface area contributed by atoms with E-state index in [-0.39, 0.29) is 18.0 Å². The quantitative estimate of drug-likeness (QED) is 0.209. The summed E-state index contributed by atoms with van der Waals surface area (Å²) in [7, 11) is 0. The molecule has 6 N–H and O–H groups in total. The maximum atomic E-state index is 12.4. The summed E-state index contributed by atoms with van der Waals surface area (Å²) in [5, 5.41) is 26.6. The minimum Gasteiger partial charge on any atom is -0.391 e. The average molecular weight is 463 g/mol. The molecule has 0 saturated carbocycles. The maximum absolute atomic E-state index is 12.4. The fraction of sp³-hybridized carbons (Fsp3) is 0.167. The van der Waals surface area contributed by atoms with Crippen molar-refractivity contribution in [1.29, 1.82) is 0 Å². The third-order valence-electron chi connectivity index (χ3n) is 4.94. The first-order valence-electron chi connectivity index (χ1n) is 10.4. The van der Waals surface area contributed by atoms with Gasteiger partial charge >= 0.3 is 0 Å². The first kappa shape index (κ1) is 24.4. The van der Waals surface area contributed by atoms with Crippen molar-refractivity contribution < 1.29 is 24.7 Å². The van der Waals surface area contributed by atoms with Crippen LogP contribution in [0.3, 0.4) is 0 Å². The molecule has 3 rings (SSSR count). The van der Waals surface area contributed by atoms with E-state index in [0.717, 1.165) is 16.8 Å². The van der Waals surface area contributed by atoms with Crippen LogP contribution >= 0.6 is 0 Å². The van der Waals surface area contributed by atoms with Crippen LogP contribution in [0.5, 0.6) is 0 Å². The Bertz CT molecular complexity index is 1120. The van der Waals surface area contributed by atoms with Gasteiger partial charge < -0.3 is 21.1 Å². The molecule has 2 aromatic carbocycles. The summed E-state index contributed by atoms with van der Waals surface area (Å²) in [5.74, 6) is -1.68. The Hall–Kier alpha value is -4.28. The topological polar surface area (TPSA) is 153 Å². The van der Waals surface area contributed by atoms with Crippen LogP contribution < -0.4 is 21.4 Å². The van der Waals surface area contributed by atoms with E-state index >= 15 is 0 Å². The van der Waals surface area contributed by atoms with Crippen molar-refractivity contribution in [3.8, 4) is 11.1 Å². The van der Waals surface area contributed by atoms with Crippen molar-refractivity contribution in [1.82, 2.24) is 15.8 Å². The second kappa shape index (κ2) is 11.5. The molecule has 3 aromatic rings. The Labute approximate surface area is 196 Å². The lowest BCUT2D eigenvalue weighted by molar-refractivity contribution is -0.133. The largest absolute Gasteiger partial charge is 0.391 e. The average Bonchev–Trinajstić information content (AvgIpc) is 2.86. The summed E-state index contributed by atoms with van der Waals surface area (Å²) >= 11 is 0. The third-order valence-corrected chi connectivity index (χ3v) is 4.94. The van der Waals surface area contributed by atoms with Gasteiger partial charge in [0.25, 0.3) is 11.8 Å². The Balaban J connectivity index is 1.57. The number of nitrogens with one attached hydrogen (secondary N) is 4. The highest BCUT2D eigenvalue weighted by Crippen LogP contribution is 2.22. The molecule has 1 heterocycles. The molecule has 10 heteroatoms. The number of pyridine rings is 1. The number of amides is 3. The molecule has 1 aromatic heterocycles. The molecule has 10 nitrogen and oxygen atoms in total. The molecule has 0 aliphatic rings. The van der Waals surface area contributed by atoms with Crippen molar-refractivity contribution >= 4 is 29.1 Å². The first-order chi connectivity index (χ1) is 16.4. The van der Waals surface area contributed by atoms with Gasteiger partial charge in [-0.25, -0.2) is 5.48 Å². The summed E-state index contributed by atoms with van der Waals surface area (Å²) in [5.41, 5.74) is 4.87. The third kappa shape index (κ3) is 6.61. The number of hydrogen-bond donors (Lipinski definition) is 6. The SMILES string of the molecule is C[C@@H](O)[C@H](NC(=O)c1ccc(-c2ccc(NC(=O)CNc3ccncc3)cc2)cc1)C(=O)NO. The predicted molar refractivity (Wildman–Crippen MR) is 126 cm³/mol. The fourth-order valence-corrected chi connectivity index (χ4v) is 3.12. The molecule has 0 bridgehead atoms. The minimum atomic E-state index is -1.29. The standard InChI is InChI=1S/C24H25N5O5/c1-15(30)22(24(33)29-34)28-23(32)18-4-2-16(3-5-18)17-6-8-20(9-7-17)27-21(31)14-26-19-10-12-25-13-11-19/h2-13,15,22,30,34H,14H2,1H3,(H,25,26)(H,27,31)(H,28,32)(H,29,33)/t15-,22+/m1/s1. The number of aliphatic hydroxyl groups is 1. The zero-order valence-corrected chi connectivity index (χ0v) is 18.4. The van der Waals surface area contributed by atoms with Crippen LogP contribution in [0.4, 0.5) is 11.4 Å². The van der Waals surface area contributed by atoms with Crippen molar-refractivity contribution in [3.05, 3.63) is 78.6 Å². The summed E-state index contributed by atoms with van der Waals surface area (Å²) in [6.45, 7) is 1.44. The number of aromatic nitrogens is 1. The number of benzene rings is 2. The number of carbonyl (C=O) groups is 3. The van der Waals surface area contributed by atoms with Gasteiger partial charge in [-0.3, -0.25) is 24.6 Å². The number of aliphatic hydroxyl groups excluding tert-OH is 1. The predicted octanol–water partition coefficient (Wildman–Crippen LogP) is 1.78. The lowest BCUT2D eigenvalue weighted by Crippen LogP contribution is -2.51. The van der Waals surface area contributed by atoms with E-state index in [1.807, 2.05) is 12.1 Å². The van der Waals surface area contributed by atoms with Gasteiger partial charge in [0, 0.05) is 29.3 Å². The highest BCUT2D eigenvalue weighted by Gasteiger charge is 2.25. The summed E-state index contributed by atoms with van der Waals surface area (Å²) in [6, 6.07) is 16.1. The molecule has 2 atom stereocenters. The summed E-state index contributed by atoms with van der Waals surface area (Å²) < 4.78 is 0. The smallest absolute Gasteiger partial charge is 0.268 e. The van der Waals surface area contributed by atoms with Crippen molar-refractivity contribution in [3.63, 3.8) is 0 Å². The van der Waals surface area contributed by atoms with E-state index in [1.54, 1.807) is 60.9 Å². The molecule has 0 aliphatic carbocycles. The molecule has 0 saturated heterocycles. The van der Waals surface area contributed by atoms with Crippen LogP contribution in [0.1, 0.15) is 17.3 Å². The summed E-state index contributed by atoms with van der Waals surface area (Å²) in [4.78, 5) is 40.0. The van der Waals surface area contributed by atoms with Crippen LogP contribution in [0.25, 0.3) is 11.1 Å². The minimum absolute atomic E-state index is 0.116. The summed E-state index contributed by atoms with van der Waals surface area (Å²) in [6.07, 6.45) is 2.08. The number of rotatable bonds is 9. The van der Waals surface area contributed by atoms with E-state index in [0.29, 0.717) is 5.69 Å². The number of hydroxylamine groups is 1. The van der Waals surface area contributed by atoms with Gasteiger partial charge in [0.2, 0.25) is 5.91 Å². The van der Waals surface area contributed by atoms with Gasteiger partial charge in [-0.05, 0) is 54.4 Å². The van der Waals surface area contributed by atoms with E-state index in [1.165, 1.54) is 12.4 Å². The lowest BCUT2D eigenvalue weighted by Gasteiger charge is -2.19. The molecule has 3 amide bonds. The Kier molecular flexibility index (Phi) is 8.27. The van der Waals surface area contributed by atoms with Gasteiger partial charge in [-0.15, -0.1) is 0 Å². The van der Waals surface area contributed by atoms with E-state index in [4.69, 9.17) is 5.21 Å². The molecule has 176 valence electrons. The molecular formula is C24H25N5O5. The van der Waals surface area contributed by atoms with Crippen LogP contribution in [-0.2, 0) is 9.59 Å². The molecule has 0 unspecified atom stereocenters. The van der Waals surface area contributed by atoms with Crippen LogP contribution in [0.15, 0.2) is 73.1 Å². The first-order valence-corrected chi connectivity index (χ1v) is 10.4. The number of carbonyl (C=O) groups excluding carboxylic acids is 3. The van der Waals surface area contributed by atoms with Gasteiger partial charge in [0.15, 0.2) is 0 Å². The zero-order chi connectivity index (χ0) is 24.5. The van der Waals surface area contributed by atoms with Crippen molar-refractivity contribution in [2.45, 2.75) is 19.1 Å². The van der Waals surface area contributed by atoms with Crippen LogP contribution in [-0.4, -0.2) is 51.7 Å². The van der Waals surface area contributed by atoms with E-state index < -0.39 is 24.0 Å². The van der Waals surface area contributed by atoms with Crippen molar-refractivity contribution in [2.24, 2.45) is 0 Å². The normalized spacial score (nSPS) is 12.2. The fourth-order valence-electron chi connectivity index (χ4n) is 3.12. The van der Waals surface area contributed by atoms with Gasteiger partial charge in [-0.1, -0.05) is 24.3 Å². The second-order valence-corrected chi connectivity index (χ2v) is 7.46. The highest BCUT2D eigenvalue weighted by molar-refractivity contribution is 5.98. The Morgan fingerprint density at radius 2 is 1.47 bits per heavy atom. The van der Waals surface area contributed by atoms with Gasteiger partial charge in [0.05, 0.1) is 12.6 Å². The van der Waals surface area contributed by atoms with Crippen molar-refractivity contribution in [2.75, 3.05) is 17.2 Å². The van der Waals surface area contributed by atoms with Crippen LogP contribution in [0.2, 0.25) is 0 Å². The van der Waals surface area contributed by atoms with E-state index in [9.17, 15) is 19.5 Å². The number of hydrogen-bond acceptors (Lipinski definition) is 7. The lowest BCUT2D eigenvalue weighted by atomic mass is 10.0. The molecule has 0 fully saturated rings. The number of anilines is 2. The molecule has 0 radical (unpaired) electrons. The van der Waals surface area contributed by atoms with Gasteiger partial charge in [0.1, 0.15) is 6.04 Å². The molecule has 0 aliphatic heterocycles. The Morgan fingerprint density at radius 1 is 0.882 bits per heavy atom. The Morgan fingerprint density at radius 3 is 2.03 bits per heavy atom. The molecule has 0 spiro atoms. The monoisotopic (exact) mass is 463 g/mol. The molecular weight excluding hydrogens is 438 g/mol. The number of nitrogens with zero attached hydrogens (tertiary/aromatic N) is 1. The maximum Gasteiger partial charge on any atom is 0.268 e. The highest BCUT2D eigenvalue weighted by atomic mass is 16.5.